The zero-order valence-corrected chi connectivity index (χ0v) is 12.2. The van der Waals surface area contributed by atoms with Crippen LogP contribution < -0.4 is 5.32 Å². The molecule has 4 heteroatoms. The molecule has 0 bridgehead atoms. The highest BCUT2D eigenvalue weighted by Crippen LogP contribution is 2.22. The number of likely N-dealkylation sites (N-methyl/N-ethyl adjacent to an activating group) is 1. The van der Waals surface area contributed by atoms with Gasteiger partial charge in [0.15, 0.2) is 0 Å². The van der Waals surface area contributed by atoms with Gasteiger partial charge in [-0.1, -0.05) is 15.9 Å². The van der Waals surface area contributed by atoms with E-state index in [9.17, 15) is 4.39 Å². The highest BCUT2D eigenvalue weighted by atomic mass is 79.9. The molecule has 2 rings (SSSR count). The fourth-order valence-electron chi connectivity index (χ4n) is 2.44. The van der Waals surface area contributed by atoms with Crippen LogP contribution in [-0.2, 0) is 11.2 Å². The average Bonchev–Trinajstić information content (AvgIpc) is 2.85. The molecule has 1 aromatic carbocycles. The van der Waals surface area contributed by atoms with Gasteiger partial charge in [0.25, 0.3) is 0 Å². The van der Waals surface area contributed by atoms with Gasteiger partial charge in [0, 0.05) is 23.7 Å². The molecule has 1 fully saturated rings. The number of halogens is 2. The Hall–Kier alpha value is -0.450. The Morgan fingerprint density at radius 2 is 2.39 bits per heavy atom. The third-order valence-electron chi connectivity index (χ3n) is 3.52. The topological polar surface area (TPSA) is 21.3 Å². The van der Waals surface area contributed by atoms with Crippen molar-refractivity contribution in [1.29, 1.82) is 0 Å². The van der Waals surface area contributed by atoms with Gasteiger partial charge in [-0.2, -0.15) is 0 Å². The first-order chi connectivity index (χ1) is 8.69. The van der Waals surface area contributed by atoms with E-state index in [1.54, 1.807) is 6.07 Å². The van der Waals surface area contributed by atoms with Crippen LogP contribution in [0.25, 0.3) is 0 Å². The highest BCUT2D eigenvalue weighted by molar-refractivity contribution is 9.10. The predicted octanol–water partition coefficient (Wildman–Crippen LogP) is 3.15. The summed E-state index contributed by atoms with van der Waals surface area (Å²) >= 11 is 3.39. The van der Waals surface area contributed by atoms with Gasteiger partial charge in [0.1, 0.15) is 5.82 Å². The molecule has 0 radical (unpaired) electrons. The lowest BCUT2D eigenvalue weighted by atomic mass is 9.94. The summed E-state index contributed by atoms with van der Waals surface area (Å²) in [7, 11) is 1.94. The highest BCUT2D eigenvalue weighted by Gasteiger charge is 2.20. The van der Waals surface area contributed by atoms with E-state index >= 15 is 0 Å². The van der Waals surface area contributed by atoms with E-state index in [2.05, 4.69) is 21.2 Å². The van der Waals surface area contributed by atoms with Crippen LogP contribution in [0.1, 0.15) is 18.4 Å². The van der Waals surface area contributed by atoms with E-state index in [0.717, 1.165) is 42.5 Å². The van der Waals surface area contributed by atoms with Gasteiger partial charge in [-0.05, 0) is 56.0 Å². The van der Waals surface area contributed by atoms with Crippen LogP contribution in [-0.4, -0.2) is 26.3 Å². The lowest BCUT2D eigenvalue weighted by Crippen LogP contribution is -2.30. The molecule has 1 saturated heterocycles. The summed E-state index contributed by atoms with van der Waals surface area (Å²) in [4.78, 5) is 0. The molecular weight excluding hydrogens is 297 g/mol. The van der Waals surface area contributed by atoms with Gasteiger partial charge in [-0.25, -0.2) is 4.39 Å². The van der Waals surface area contributed by atoms with Crippen molar-refractivity contribution in [2.75, 3.05) is 20.3 Å². The Morgan fingerprint density at radius 1 is 1.56 bits per heavy atom. The van der Waals surface area contributed by atoms with Crippen LogP contribution in [0.5, 0.6) is 0 Å². The molecule has 2 unspecified atom stereocenters. The summed E-state index contributed by atoms with van der Waals surface area (Å²) < 4.78 is 20.0. The summed E-state index contributed by atoms with van der Waals surface area (Å²) in [6.45, 7) is 1.71. The minimum Gasteiger partial charge on any atom is -0.381 e. The molecule has 0 aromatic heterocycles. The van der Waals surface area contributed by atoms with Crippen LogP contribution in [0, 0.1) is 11.7 Å². The Kier molecular flexibility index (Phi) is 5.15. The van der Waals surface area contributed by atoms with Gasteiger partial charge in [-0.3, -0.25) is 0 Å². The molecule has 0 saturated carbocycles. The van der Waals surface area contributed by atoms with Gasteiger partial charge in [0.2, 0.25) is 0 Å². The first kappa shape index (κ1) is 14.0. The molecule has 18 heavy (non-hydrogen) atoms. The fraction of sp³-hybridized carbons (Fsp3) is 0.571. The maximum atomic E-state index is 13.7. The Balaban J connectivity index is 1.98. The molecule has 2 nitrogen and oxygen atoms in total. The molecule has 1 aromatic rings. The number of rotatable bonds is 5. The van der Waals surface area contributed by atoms with E-state index in [-0.39, 0.29) is 5.82 Å². The zero-order valence-electron chi connectivity index (χ0n) is 10.6. The quantitative estimate of drug-likeness (QED) is 0.901. The smallest absolute Gasteiger partial charge is 0.126 e. The molecule has 0 amide bonds. The molecule has 0 aliphatic carbocycles. The molecule has 1 heterocycles. The second kappa shape index (κ2) is 6.64. The zero-order chi connectivity index (χ0) is 13.0. The fourth-order valence-corrected chi connectivity index (χ4v) is 2.85. The first-order valence-corrected chi connectivity index (χ1v) is 7.17. The number of hydrogen-bond donors (Lipinski definition) is 1. The van der Waals surface area contributed by atoms with Crippen LogP contribution in [0.3, 0.4) is 0 Å². The van der Waals surface area contributed by atoms with Crippen molar-refractivity contribution >= 4 is 15.9 Å². The molecule has 1 aliphatic rings. The number of nitrogens with one attached hydrogen (secondary N) is 1. The van der Waals surface area contributed by atoms with Crippen LogP contribution in [0.2, 0.25) is 0 Å². The predicted molar refractivity (Wildman–Crippen MR) is 74.2 cm³/mol. The van der Waals surface area contributed by atoms with E-state index in [1.165, 1.54) is 6.07 Å². The van der Waals surface area contributed by atoms with Gasteiger partial charge in [0.05, 0.1) is 0 Å². The van der Waals surface area contributed by atoms with E-state index in [0.29, 0.717) is 12.0 Å². The summed E-state index contributed by atoms with van der Waals surface area (Å²) in [5, 5.41) is 3.29. The van der Waals surface area contributed by atoms with E-state index < -0.39 is 0 Å². The third kappa shape index (κ3) is 3.77. The van der Waals surface area contributed by atoms with Crippen molar-refractivity contribution in [2.45, 2.75) is 25.3 Å². The maximum Gasteiger partial charge on any atom is 0.126 e. The maximum absolute atomic E-state index is 13.7. The first-order valence-electron chi connectivity index (χ1n) is 6.38. The monoisotopic (exact) mass is 315 g/mol. The molecule has 1 N–H and O–H groups in total. The summed E-state index contributed by atoms with van der Waals surface area (Å²) in [6.07, 6.45) is 2.89. The molecule has 1 aliphatic heterocycles. The molecule has 0 spiro atoms. The van der Waals surface area contributed by atoms with Crippen molar-refractivity contribution in [3.8, 4) is 0 Å². The van der Waals surface area contributed by atoms with Crippen molar-refractivity contribution in [3.63, 3.8) is 0 Å². The minimum atomic E-state index is -0.124. The van der Waals surface area contributed by atoms with E-state index in [1.807, 2.05) is 13.1 Å². The standard InChI is InChI=1S/C14H19BrFNO/c1-17-13(6-10-4-5-18-9-10)8-11-7-12(15)2-3-14(11)16/h2-3,7,10,13,17H,4-6,8-9H2,1H3. The second-order valence-electron chi connectivity index (χ2n) is 4.89. The summed E-state index contributed by atoms with van der Waals surface area (Å²) in [5.41, 5.74) is 0.766. The SMILES string of the molecule is CNC(Cc1cc(Br)ccc1F)CC1CCOC1. The van der Waals surface area contributed by atoms with Crippen molar-refractivity contribution in [2.24, 2.45) is 5.92 Å². The molecule has 2 atom stereocenters. The summed E-state index contributed by atoms with van der Waals surface area (Å²) in [6, 6.07) is 5.42. The largest absolute Gasteiger partial charge is 0.381 e. The van der Waals surface area contributed by atoms with Gasteiger partial charge >= 0.3 is 0 Å². The van der Waals surface area contributed by atoms with Crippen molar-refractivity contribution < 1.29 is 9.13 Å². The molecular formula is C14H19BrFNO. The lowest BCUT2D eigenvalue weighted by Gasteiger charge is -2.19. The number of hydrogen-bond acceptors (Lipinski definition) is 2. The summed E-state index contributed by atoms with van der Waals surface area (Å²) in [5.74, 6) is 0.485. The number of ether oxygens (including phenoxy) is 1. The molecule has 100 valence electrons. The number of benzene rings is 1. The van der Waals surface area contributed by atoms with Crippen molar-refractivity contribution in [3.05, 3.63) is 34.1 Å². The Morgan fingerprint density at radius 3 is 3.06 bits per heavy atom. The van der Waals surface area contributed by atoms with Crippen LogP contribution in [0.4, 0.5) is 4.39 Å². The minimum absolute atomic E-state index is 0.124. The van der Waals surface area contributed by atoms with Crippen molar-refractivity contribution in [1.82, 2.24) is 5.32 Å². The van der Waals surface area contributed by atoms with Gasteiger partial charge in [-0.15, -0.1) is 0 Å². The Bertz CT molecular complexity index is 393. The van der Waals surface area contributed by atoms with E-state index in [4.69, 9.17) is 4.74 Å². The van der Waals surface area contributed by atoms with Crippen LogP contribution in [0.15, 0.2) is 22.7 Å². The average molecular weight is 316 g/mol. The third-order valence-corrected chi connectivity index (χ3v) is 4.02. The van der Waals surface area contributed by atoms with Gasteiger partial charge < -0.3 is 10.1 Å². The van der Waals surface area contributed by atoms with Crippen LogP contribution >= 0.6 is 15.9 Å². The normalized spacial score (nSPS) is 21.2. The second-order valence-corrected chi connectivity index (χ2v) is 5.81. The lowest BCUT2D eigenvalue weighted by molar-refractivity contribution is 0.181. The Labute approximate surface area is 116 Å².